The number of anilines is 1. The van der Waals surface area contributed by atoms with Crippen LogP contribution < -0.4 is 9.64 Å². The van der Waals surface area contributed by atoms with Crippen molar-refractivity contribution in [1.29, 1.82) is 0 Å². The van der Waals surface area contributed by atoms with Gasteiger partial charge in [-0.2, -0.15) is 9.97 Å². The Labute approximate surface area is 254 Å². The van der Waals surface area contributed by atoms with Gasteiger partial charge < -0.3 is 19.4 Å². The van der Waals surface area contributed by atoms with Gasteiger partial charge >= 0.3 is 6.01 Å². The van der Waals surface area contributed by atoms with Crippen molar-refractivity contribution in [2.45, 2.75) is 50.4 Å². The number of nitrogens with zero attached hydrogens (tertiary/aromatic N) is 6. The lowest BCUT2D eigenvalue weighted by atomic mass is 9.85. The molecule has 0 unspecified atom stereocenters. The molecule has 6 rings (SSSR count). The molecule has 2 saturated heterocycles. The van der Waals surface area contributed by atoms with Crippen LogP contribution in [-0.2, 0) is 17.6 Å². The fraction of sp³-hybridized carbons (Fsp3) is 0.455. The van der Waals surface area contributed by atoms with E-state index in [9.17, 15) is 13.6 Å². The quantitative estimate of drug-likeness (QED) is 0.275. The van der Waals surface area contributed by atoms with Gasteiger partial charge in [-0.05, 0) is 68.0 Å². The number of aryl methyl sites for hydroxylation is 1. The van der Waals surface area contributed by atoms with E-state index in [0.717, 1.165) is 36.8 Å². The first-order chi connectivity index (χ1) is 21.2. The molecule has 0 bridgehead atoms. The number of likely N-dealkylation sites (tertiary alicyclic amines) is 1. The van der Waals surface area contributed by atoms with Gasteiger partial charge in [0, 0.05) is 43.2 Å². The molecule has 3 aromatic rings. The molecular weight excluding hydrogens is 569 g/mol. The van der Waals surface area contributed by atoms with Crippen molar-refractivity contribution in [3.8, 4) is 17.1 Å². The van der Waals surface area contributed by atoms with Crippen molar-refractivity contribution in [2.24, 2.45) is 0 Å². The number of carbonyl (C=O) groups excluding carboxylic acids is 1. The summed E-state index contributed by atoms with van der Waals surface area (Å²) < 4.78 is 49.9. The Morgan fingerprint density at radius 2 is 1.95 bits per heavy atom. The summed E-state index contributed by atoms with van der Waals surface area (Å²) in [5.41, 5.74) is 4.17. The maximum absolute atomic E-state index is 16.0. The van der Waals surface area contributed by atoms with E-state index in [1.165, 1.54) is 16.5 Å². The normalized spacial score (nSPS) is 22.1. The lowest BCUT2D eigenvalue weighted by Crippen LogP contribution is -2.56. The van der Waals surface area contributed by atoms with E-state index < -0.39 is 29.8 Å². The van der Waals surface area contributed by atoms with Crippen molar-refractivity contribution in [3.05, 3.63) is 71.1 Å². The fourth-order valence-electron chi connectivity index (χ4n) is 6.77. The van der Waals surface area contributed by atoms with Gasteiger partial charge in [-0.25, -0.2) is 19.7 Å². The summed E-state index contributed by atoms with van der Waals surface area (Å²) in [7, 11) is 1.85. The monoisotopic (exact) mass is 604 g/mol. The second kappa shape index (κ2) is 12.4. The van der Waals surface area contributed by atoms with Crippen LogP contribution in [0.15, 0.2) is 42.7 Å². The van der Waals surface area contributed by atoms with Gasteiger partial charge in [0.25, 0.3) is 5.91 Å². The second-order valence-electron chi connectivity index (χ2n) is 11.9. The summed E-state index contributed by atoms with van der Waals surface area (Å²) in [4.78, 5) is 30.4. The number of ether oxygens (including phenoxy) is 1. The van der Waals surface area contributed by atoms with Crippen LogP contribution in [0.25, 0.3) is 26.9 Å². The number of piperazine rings is 1. The van der Waals surface area contributed by atoms with Gasteiger partial charge in [-0.15, -0.1) is 0 Å². The Hall–Kier alpha value is -4.17. The highest BCUT2D eigenvalue weighted by molar-refractivity contribution is 5.94. The van der Waals surface area contributed by atoms with E-state index in [0.29, 0.717) is 35.2 Å². The van der Waals surface area contributed by atoms with Crippen LogP contribution >= 0.6 is 0 Å². The predicted molar refractivity (Wildman–Crippen MR) is 162 cm³/mol. The van der Waals surface area contributed by atoms with Crippen molar-refractivity contribution >= 4 is 22.6 Å². The van der Waals surface area contributed by atoms with Crippen LogP contribution in [0.5, 0.6) is 6.01 Å². The van der Waals surface area contributed by atoms with Crippen molar-refractivity contribution < 1.29 is 22.7 Å². The second-order valence-corrected chi connectivity index (χ2v) is 11.9. The lowest BCUT2D eigenvalue weighted by Gasteiger charge is -2.39. The number of amides is 1. The first-order valence-electron chi connectivity index (χ1n) is 15.1. The smallest absolute Gasteiger partial charge is 0.319 e. The highest BCUT2D eigenvalue weighted by Gasteiger charge is 2.35. The number of carbonyl (C=O) groups is 1. The molecule has 8 nitrogen and oxygen atoms in total. The van der Waals surface area contributed by atoms with Crippen LogP contribution in [0.3, 0.4) is 0 Å². The molecule has 1 aliphatic carbocycles. The van der Waals surface area contributed by atoms with Gasteiger partial charge in [0.2, 0.25) is 6.54 Å². The van der Waals surface area contributed by atoms with E-state index in [-0.39, 0.29) is 44.8 Å². The van der Waals surface area contributed by atoms with E-state index in [2.05, 4.69) is 27.5 Å². The number of aromatic nitrogens is 2. The third-order valence-corrected chi connectivity index (χ3v) is 9.05. The largest absolute Gasteiger partial charge is 0.462 e. The maximum atomic E-state index is 16.0. The van der Waals surface area contributed by atoms with E-state index in [1.54, 1.807) is 6.07 Å². The summed E-state index contributed by atoms with van der Waals surface area (Å²) in [6, 6.07) is 8.50. The Kier molecular flexibility index (Phi) is 8.45. The summed E-state index contributed by atoms with van der Waals surface area (Å²) in [5, 5.41) is 0.460. The van der Waals surface area contributed by atoms with Crippen LogP contribution in [0.4, 0.5) is 19.0 Å². The molecule has 2 fully saturated rings. The van der Waals surface area contributed by atoms with Crippen LogP contribution in [-0.4, -0.2) is 90.3 Å². The van der Waals surface area contributed by atoms with Gasteiger partial charge in [0.05, 0.1) is 5.52 Å². The van der Waals surface area contributed by atoms with E-state index in [1.807, 2.05) is 29.0 Å². The predicted octanol–water partition coefficient (Wildman–Crippen LogP) is 5.16. The molecule has 3 atom stereocenters. The minimum absolute atomic E-state index is 0.0437. The van der Waals surface area contributed by atoms with E-state index >= 15 is 4.39 Å². The maximum Gasteiger partial charge on any atom is 0.319 e. The minimum Gasteiger partial charge on any atom is -0.462 e. The number of fused-ring (bicyclic) bond motifs is 2. The minimum atomic E-state index is -1.08. The number of hydrogen-bond acceptors (Lipinski definition) is 6. The molecule has 44 heavy (non-hydrogen) atoms. The number of hydrogen-bond donors (Lipinski definition) is 0. The average Bonchev–Trinajstić information content (AvgIpc) is 3.35. The zero-order valence-corrected chi connectivity index (χ0v) is 24.7. The number of benzene rings is 2. The summed E-state index contributed by atoms with van der Waals surface area (Å²) in [5.74, 6) is -1.93. The van der Waals surface area contributed by atoms with Crippen LogP contribution in [0, 0.1) is 12.4 Å². The van der Waals surface area contributed by atoms with Gasteiger partial charge in [0.15, 0.2) is 5.83 Å². The fourth-order valence-corrected chi connectivity index (χ4v) is 6.77. The number of halogens is 3. The topological polar surface area (TPSA) is 66.2 Å². The first kappa shape index (κ1) is 29.9. The molecular formula is C33H35F3N6O2. The molecule has 3 aliphatic rings. The molecule has 11 heteroatoms. The summed E-state index contributed by atoms with van der Waals surface area (Å²) in [6.45, 7) is 11.6. The van der Waals surface area contributed by atoms with E-state index in [4.69, 9.17) is 11.3 Å². The Morgan fingerprint density at radius 1 is 1.14 bits per heavy atom. The van der Waals surface area contributed by atoms with Gasteiger partial charge in [-0.3, -0.25) is 9.69 Å². The Bertz CT molecular complexity index is 1640. The number of alkyl halides is 1. The van der Waals surface area contributed by atoms with Gasteiger partial charge in [-0.1, -0.05) is 24.8 Å². The SMILES string of the molecule is [C-]#[N+]C[C@H]1CN(c2nc(OC[C@@H]3C[C@@H](F)CN3C)nc3cc(-c4cccc5c4CCCC5)c(F)cc23)CCN1C(=O)C(=C)F. The summed E-state index contributed by atoms with van der Waals surface area (Å²) >= 11 is 0. The highest BCUT2D eigenvalue weighted by Crippen LogP contribution is 2.37. The Morgan fingerprint density at radius 3 is 2.70 bits per heavy atom. The van der Waals surface area contributed by atoms with Crippen molar-refractivity contribution in [3.63, 3.8) is 0 Å². The molecule has 0 N–H and O–H groups in total. The molecule has 2 aliphatic heterocycles. The summed E-state index contributed by atoms with van der Waals surface area (Å²) in [6.07, 6.45) is 3.43. The van der Waals surface area contributed by atoms with Gasteiger partial charge in [0.1, 0.15) is 30.5 Å². The van der Waals surface area contributed by atoms with Crippen LogP contribution in [0.1, 0.15) is 30.4 Å². The molecule has 230 valence electrons. The Balaban J connectivity index is 1.41. The number of rotatable bonds is 7. The lowest BCUT2D eigenvalue weighted by molar-refractivity contribution is -0.131. The molecule has 1 amide bonds. The average molecular weight is 605 g/mol. The standard InChI is InChI=1S/C33H35F3N6O2/c1-20(34)32(43)42-12-11-41(18-24(42)16-37-2)31-28-14-29(36)27(26-10-6-8-21-7-4-5-9-25(21)26)15-30(28)38-33(39-31)44-19-23-13-22(35)17-40(23)3/h6,8,10,14-15,22-24H,1,4-5,7,9,11-13,16-19H2,3H3/t22-,23+,24+/m1/s1. The van der Waals surface area contributed by atoms with Crippen LogP contribution in [0.2, 0.25) is 0 Å². The molecule has 0 radical (unpaired) electrons. The van der Waals surface area contributed by atoms with Crippen molar-refractivity contribution in [1.82, 2.24) is 19.8 Å². The highest BCUT2D eigenvalue weighted by atomic mass is 19.1. The first-order valence-corrected chi connectivity index (χ1v) is 15.1. The third kappa shape index (κ3) is 5.83. The molecule has 3 heterocycles. The zero-order chi connectivity index (χ0) is 31.0. The van der Waals surface area contributed by atoms with Crippen molar-refractivity contribution in [2.75, 3.05) is 51.3 Å². The molecule has 0 spiro atoms. The molecule has 2 aromatic carbocycles. The molecule has 0 saturated carbocycles. The zero-order valence-electron chi connectivity index (χ0n) is 24.7. The third-order valence-electron chi connectivity index (χ3n) is 9.05. The molecule has 1 aromatic heterocycles. The number of likely N-dealkylation sites (N-methyl/N-ethyl adjacent to an activating group) is 1.